The first kappa shape index (κ1) is 15.2. The fourth-order valence-corrected chi connectivity index (χ4v) is 3.23. The van der Waals surface area contributed by atoms with E-state index in [1.165, 1.54) is 17.4 Å². The first-order valence-corrected chi connectivity index (χ1v) is 7.48. The van der Waals surface area contributed by atoms with Crippen molar-refractivity contribution in [2.45, 2.75) is 20.8 Å². The summed E-state index contributed by atoms with van der Waals surface area (Å²) in [6.07, 6.45) is 4.14. The van der Waals surface area contributed by atoms with E-state index in [4.69, 9.17) is 5.11 Å². The topological polar surface area (TPSA) is 74.9 Å². The number of nitrogens with zero attached hydrogens (tertiary/aromatic N) is 3. The van der Waals surface area contributed by atoms with Crippen molar-refractivity contribution < 1.29 is 14.7 Å². The van der Waals surface area contributed by atoms with Crippen molar-refractivity contribution in [3.8, 4) is 0 Å². The van der Waals surface area contributed by atoms with Gasteiger partial charge in [0.1, 0.15) is 4.88 Å². The van der Waals surface area contributed by atoms with Crippen LogP contribution in [0.15, 0.2) is 12.3 Å². The highest BCUT2D eigenvalue weighted by Crippen LogP contribution is 2.25. The quantitative estimate of drug-likeness (QED) is 0.860. The first-order valence-electron chi connectivity index (χ1n) is 6.66. The lowest BCUT2D eigenvalue weighted by Crippen LogP contribution is -2.30. The van der Waals surface area contributed by atoms with Crippen LogP contribution in [-0.2, 0) is 4.79 Å². The number of carboxylic acid groups (broad SMARTS) is 1. The standard InChI is InChI=1S/C14H17N3O3S/c1-4-16(5-2)13(20)12-9(3)17-10(6-7-11(18)19)8-15-14(17)21-12/h6-8H,4-5H2,1-3H3,(H,18,19)/b7-6+. The van der Waals surface area contributed by atoms with E-state index in [0.29, 0.717) is 28.6 Å². The minimum Gasteiger partial charge on any atom is -0.478 e. The zero-order chi connectivity index (χ0) is 15.6. The van der Waals surface area contributed by atoms with E-state index in [9.17, 15) is 9.59 Å². The summed E-state index contributed by atoms with van der Waals surface area (Å²) < 4.78 is 1.81. The lowest BCUT2D eigenvalue weighted by Gasteiger charge is -2.17. The van der Waals surface area contributed by atoms with Crippen molar-refractivity contribution in [3.63, 3.8) is 0 Å². The lowest BCUT2D eigenvalue weighted by atomic mass is 10.3. The van der Waals surface area contributed by atoms with Crippen molar-refractivity contribution in [1.29, 1.82) is 0 Å². The first-order chi connectivity index (χ1) is 9.99. The molecule has 0 aliphatic rings. The third kappa shape index (κ3) is 2.82. The smallest absolute Gasteiger partial charge is 0.328 e. The molecule has 2 aromatic rings. The molecule has 7 heteroatoms. The van der Waals surface area contributed by atoms with Gasteiger partial charge in [0.15, 0.2) is 4.96 Å². The number of hydrogen-bond donors (Lipinski definition) is 1. The second kappa shape index (κ2) is 6.09. The molecule has 1 N–H and O–H groups in total. The molecule has 2 heterocycles. The van der Waals surface area contributed by atoms with E-state index in [1.54, 1.807) is 15.5 Å². The Labute approximate surface area is 126 Å². The van der Waals surface area contributed by atoms with Crippen LogP contribution in [0.1, 0.15) is 34.9 Å². The van der Waals surface area contributed by atoms with Gasteiger partial charge in [-0.3, -0.25) is 9.20 Å². The number of aromatic nitrogens is 2. The molecule has 0 atom stereocenters. The SMILES string of the molecule is CCN(CC)C(=O)c1sc2ncc(/C=C/C(=O)O)n2c1C. The van der Waals surface area contributed by atoms with Crippen LogP contribution in [0, 0.1) is 6.92 Å². The van der Waals surface area contributed by atoms with Crippen LogP contribution < -0.4 is 0 Å². The molecule has 0 radical (unpaired) electrons. The molecular formula is C14H17N3O3S. The molecule has 0 aliphatic heterocycles. The van der Waals surface area contributed by atoms with Gasteiger partial charge in [-0.2, -0.15) is 0 Å². The van der Waals surface area contributed by atoms with E-state index in [2.05, 4.69) is 4.98 Å². The second-order valence-electron chi connectivity index (χ2n) is 4.47. The summed E-state index contributed by atoms with van der Waals surface area (Å²) in [4.78, 5) is 30.4. The van der Waals surface area contributed by atoms with E-state index in [-0.39, 0.29) is 5.91 Å². The zero-order valence-electron chi connectivity index (χ0n) is 12.2. The number of aryl methyl sites for hydroxylation is 1. The summed E-state index contributed by atoms with van der Waals surface area (Å²) in [7, 11) is 0. The van der Waals surface area contributed by atoms with Crippen molar-refractivity contribution >= 4 is 34.3 Å². The maximum absolute atomic E-state index is 12.5. The summed E-state index contributed by atoms with van der Waals surface area (Å²) in [6, 6.07) is 0. The van der Waals surface area contributed by atoms with Crippen LogP contribution in [-0.4, -0.2) is 44.4 Å². The molecule has 0 unspecified atom stereocenters. The van der Waals surface area contributed by atoms with E-state index < -0.39 is 5.97 Å². The van der Waals surface area contributed by atoms with Gasteiger partial charge in [-0.1, -0.05) is 11.3 Å². The monoisotopic (exact) mass is 307 g/mol. The number of aliphatic carboxylic acids is 1. The Hall–Kier alpha value is -2.15. The Bertz CT molecular complexity index is 710. The van der Waals surface area contributed by atoms with Crippen molar-refractivity contribution in [2.24, 2.45) is 0 Å². The zero-order valence-corrected chi connectivity index (χ0v) is 13.0. The summed E-state index contributed by atoms with van der Waals surface area (Å²) in [5, 5.41) is 8.71. The number of imidazole rings is 1. The molecule has 0 saturated heterocycles. The average molecular weight is 307 g/mol. The van der Waals surface area contributed by atoms with Gasteiger partial charge in [-0.15, -0.1) is 0 Å². The average Bonchev–Trinajstić information content (AvgIpc) is 2.98. The maximum Gasteiger partial charge on any atom is 0.328 e. The molecular weight excluding hydrogens is 290 g/mol. The minimum absolute atomic E-state index is 0.0128. The van der Waals surface area contributed by atoms with E-state index in [1.807, 2.05) is 20.8 Å². The van der Waals surface area contributed by atoms with Crippen LogP contribution in [0.5, 0.6) is 0 Å². The Kier molecular flexibility index (Phi) is 4.42. The fourth-order valence-electron chi connectivity index (χ4n) is 2.15. The predicted molar refractivity (Wildman–Crippen MR) is 81.7 cm³/mol. The molecule has 2 aromatic heterocycles. The van der Waals surface area contributed by atoms with Crippen LogP contribution in [0.25, 0.3) is 11.0 Å². The van der Waals surface area contributed by atoms with Gasteiger partial charge in [0, 0.05) is 24.9 Å². The number of carboxylic acids is 1. The molecule has 112 valence electrons. The molecule has 1 amide bonds. The Morgan fingerprint density at radius 1 is 1.43 bits per heavy atom. The van der Waals surface area contributed by atoms with Gasteiger partial charge >= 0.3 is 5.97 Å². The third-order valence-electron chi connectivity index (χ3n) is 3.26. The number of fused-ring (bicyclic) bond motifs is 1. The van der Waals surface area contributed by atoms with Crippen molar-refractivity contribution in [3.05, 3.63) is 28.5 Å². The molecule has 6 nitrogen and oxygen atoms in total. The van der Waals surface area contributed by atoms with Crippen LogP contribution in [0.2, 0.25) is 0 Å². The van der Waals surface area contributed by atoms with Crippen LogP contribution in [0.4, 0.5) is 0 Å². The molecule has 0 fully saturated rings. The highest BCUT2D eigenvalue weighted by Gasteiger charge is 2.21. The van der Waals surface area contributed by atoms with Gasteiger partial charge in [0.2, 0.25) is 0 Å². The van der Waals surface area contributed by atoms with Gasteiger partial charge in [0.05, 0.1) is 11.9 Å². The highest BCUT2D eigenvalue weighted by molar-refractivity contribution is 7.19. The van der Waals surface area contributed by atoms with Crippen LogP contribution >= 0.6 is 11.3 Å². The Morgan fingerprint density at radius 3 is 2.67 bits per heavy atom. The number of hydrogen-bond acceptors (Lipinski definition) is 4. The second-order valence-corrected chi connectivity index (χ2v) is 5.44. The Balaban J connectivity index is 2.47. The molecule has 0 bridgehead atoms. The number of carbonyl (C=O) groups excluding carboxylic acids is 1. The summed E-state index contributed by atoms with van der Waals surface area (Å²) in [5.41, 5.74) is 1.44. The summed E-state index contributed by atoms with van der Waals surface area (Å²) >= 11 is 1.33. The van der Waals surface area contributed by atoms with Gasteiger partial charge < -0.3 is 10.0 Å². The van der Waals surface area contributed by atoms with Crippen molar-refractivity contribution in [2.75, 3.05) is 13.1 Å². The Morgan fingerprint density at radius 2 is 2.10 bits per heavy atom. The molecule has 0 aliphatic carbocycles. The summed E-state index contributed by atoms with van der Waals surface area (Å²) in [6.45, 7) is 7.04. The highest BCUT2D eigenvalue weighted by atomic mass is 32.1. The minimum atomic E-state index is -1.02. The molecule has 0 aromatic carbocycles. The van der Waals surface area contributed by atoms with Gasteiger partial charge in [0.25, 0.3) is 5.91 Å². The predicted octanol–water partition coefficient (Wildman–Crippen LogP) is 2.28. The number of carbonyl (C=O) groups is 2. The molecule has 0 spiro atoms. The third-order valence-corrected chi connectivity index (χ3v) is 4.40. The lowest BCUT2D eigenvalue weighted by molar-refractivity contribution is -0.131. The number of thiazole rings is 1. The molecule has 0 saturated carbocycles. The maximum atomic E-state index is 12.5. The largest absolute Gasteiger partial charge is 0.478 e. The van der Waals surface area contributed by atoms with E-state index in [0.717, 1.165) is 11.8 Å². The molecule has 21 heavy (non-hydrogen) atoms. The van der Waals surface area contributed by atoms with Gasteiger partial charge in [-0.25, -0.2) is 9.78 Å². The van der Waals surface area contributed by atoms with Crippen molar-refractivity contribution in [1.82, 2.24) is 14.3 Å². The summed E-state index contributed by atoms with van der Waals surface area (Å²) in [5.74, 6) is -1.03. The van der Waals surface area contributed by atoms with Gasteiger partial charge in [-0.05, 0) is 26.8 Å². The van der Waals surface area contributed by atoms with Crippen LogP contribution in [0.3, 0.4) is 0 Å². The number of rotatable bonds is 5. The number of amides is 1. The fraction of sp³-hybridized carbons (Fsp3) is 0.357. The molecule has 2 rings (SSSR count). The van der Waals surface area contributed by atoms with E-state index >= 15 is 0 Å². The normalized spacial score (nSPS) is 11.4.